The van der Waals surface area contributed by atoms with Crippen LogP contribution in [0.4, 0.5) is 4.39 Å². The number of halogens is 2. The number of carbonyl (C=O) groups is 1. The first-order chi connectivity index (χ1) is 8.65. The molecular weight excluding hydrogens is 297 g/mol. The van der Waals surface area contributed by atoms with E-state index in [1.807, 2.05) is 0 Å². The number of unbranched alkanes of at least 4 members (excludes halogenated alkanes) is 3. The normalized spacial score (nSPS) is 10.6. The molecule has 0 aliphatic heterocycles. The molecule has 18 heavy (non-hydrogen) atoms. The van der Waals surface area contributed by atoms with Gasteiger partial charge < -0.3 is 5.73 Å². The fraction of sp³-hybridized carbons (Fsp3) is 0.500. The lowest BCUT2D eigenvalue weighted by atomic mass is 10.0. The Morgan fingerprint density at radius 2 is 1.94 bits per heavy atom. The second-order valence-electron chi connectivity index (χ2n) is 4.38. The summed E-state index contributed by atoms with van der Waals surface area (Å²) in [5, 5.41) is 0. The highest BCUT2D eigenvalue weighted by atomic mass is 79.9. The molecule has 4 heteroatoms. The molecule has 0 atom stereocenters. The molecule has 0 saturated heterocycles. The fourth-order valence-electron chi connectivity index (χ4n) is 1.81. The molecule has 2 nitrogen and oxygen atoms in total. The van der Waals surface area contributed by atoms with Crippen molar-refractivity contribution in [3.63, 3.8) is 0 Å². The topological polar surface area (TPSA) is 43.1 Å². The second-order valence-corrected chi connectivity index (χ2v) is 5.17. The minimum atomic E-state index is -0.316. The van der Waals surface area contributed by atoms with Gasteiger partial charge in [0.05, 0.1) is 4.47 Å². The van der Waals surface area contributed by atoms with Gasteiger partial charge in [0.15, 0.2) is 0 Å². The van der Waals surface area contributed by atoms with Crippen molar-refractivity contribution < 1.29 is 9.18 Å². The number of Topliss-reactive ketones (excluding diaryl/α,β-unsaturated/α-hetero) is 1. The van der Waals surface area contributed by atoms with Gasteiger partial charge in [-0.1, -0.05) is 25.0 Å². The predicted molar refractivity (Wildman–Crippen MR) is 75.0 cm³/mol. The Balaban J connectivity index is 2.34. The minimum Gasteiger partial charge on any atom is -0.330 e. The number of benzene rings is 1. The first-order valence-electron chi connectivity index (χ1n) is 6.30. The van der Waals surface area contributed by atoms with Crippen LogP contribution in [0.1, 0.15) is 37.7 Å². The monoisotopic (exact) mass is 315 g/mol. The van der Waals surface area contributed by atoms with E-state index in [1.165, 1.54) is 6.07 Å². The Kier molecular flexibility index (Phi) is 7.13. The van der Waals surface area contributed by atoms with E-state index in [0.29, 0.717) is 23.9 Å². The van der Waals surface area contributed by atoms with Crippen LogP contribution >= 0.6 is 15.9 Å². The molecule has 0 spiro atoms. The van der Waals surface area contributed by atoms with E-state index >= 15 is 0 Å². The Morgan fingerprint density at radius 3 is 2.67 bits per heavy atom. The lowest BCUT2D eigenvalue weighted by Gasteiger charge is -2.05. The molecule has 0 aromatic heterocycles. The van der Waals surface area contributed by atoms with Crippen molar-refractivity contribution in [1.82, 2.24) is 0 Å². The van der Waals surface area contributed by atoms with Gasteiger partial charge in [-0.05, 0) is 46.9 Å². The third kappa shape index (κ3) is 5.27. The number of rotatable bonds is 8. The lowest BCUT2D eigenvalue weighted by molar-refractivity contribution is -0.118. The molecule has 0 radical (unpaired) electrons. The summed E-state index contributed by atoms with van der Waals surface area (Å²) in [7, 11) is 0. The van der Waals surface area contributed by atoms with Crippen molar-refractivity contribution in [2.75, 3.05) is 6.54 Å². The summed E-state index contributed by atoms with van der Waals surface area (Å²) in [4.78, 5) is 11.7. The number of hydrogen-bond acceptors (Lipinski definition) is 2. The van der Waals surface area contributed by atoms with E-state index in [2.05, 4.69) is 15.9 Å². The molecule has 0 unspecified atom stereocenters. The molecule has 0 aliphatic rings. The summed E-state index contributed by atoms with van der Waals surface area (Å²) in [5.41, 5.74) is 6.12. The van der Waals surface area contributed by atoms with Crippen LogP contribution in [0.2, 0.25) is 0 Å². The Bertz CT molecular complexity index is 395. The van der Waals surface area contributed by atoms with Crippen LogP contribution in [0.5, 0.6) is 0 Å². The zero-order valence-corrected chi connectivity index (χ0v) is 12.0. The van der Waals surface area contributed by atoms with Crippen molar-refractivity contribution in [2.24, 2.45) is 5.73 Å². The molecule has 0 amide bonds. The van der Waals surface area contributed by atoms with Gasteiger partial charge >= 0.3 is 0 Å². The summed E-state index contributed by atoms with van der Waals surface area (Å²) in [6.45, 7) is 0.712. The molecule has 1 rings (SSSR count). The molecule has 1 aromatic rings. The van der Waals surface area contributed by atoms with E-state index in [0.717, 1.165) is 31.2 Å². The van der Waals surface area contributed by atoms with Crippen LogP contribution in [0.3, 0.4) is 0 Å². The molecule has 0 heterocycles. The van der Waals surface area contributed by atoms with E-state index in [9.17, 15) is 9.18 Å². The Hall–Kier alpha value is -0.740. The Labute approximate surface area is 116 Å². The first-order valence-corrected chi connectivity index (χ1v) is 7.09. The van der Waals surface area contributed by atoms with Crippen LogP contribution < -0.4 is 5.73 Å². The van der Waals surface area contributed by atoms with Crippen LogP contribution in [0, 0.1) is 5.82 Å². The van der Waals surface area contributed by atoms with Gasteiger partial charge in [-0.3, -0.25) is 4.79 Å². The van der Waals surface area contributed by atoms with Crippen LogP contribution in [0.15, 0.2) is 22.7 Å². The van der Waals surface area contributed by atoms with Gasteiger partial charge in [0.1, 0.15) is 11.6 Å². The quantitative estimate of drug-likeness (QED) is 0.745. The lowest BCUT2D eigenvalue weighted by Crippen LogP contribution is -2.04. The van der Waals surface area contributed by atoms with Crippen molar-refractivity contribution in [3.05, 3.63) is 34.1 Å². The molecule has 100 valence electrons. The standard InChI is InChI=1S/C14H19BrFNO/c15-14-11(6-5-8-13(14)16)10-12(18)7-3-1-2-4-9-17/h5-6,8H,1-4,7,9-10,17H2. The zero-order chi connectivity index (χ0) is 13.4. The molecule has 0 aliphatic carbocycles. The van der Waals surface area contributed by atoms with Gasteiger partial charge in [0.25, 0.3) is 0 Å². The maximum Gasteiger partial charge on any atom is 0.137 e. The van der Waals surface area contributed by atoms with Gasteiger partial charge in [-0.25, -0.2) is 4.39 Å². The Morgan fingerprint density at radius 1 is 1.22 bits per heavy atom. The maximum absolute atomic E-state index is 13.3. The highest BCUT2D eigenvalue weighted by Gasteiger charge is 2.09. The molecule has 1 aromatic carbocycles. The second kappa shape index (κ2) is 8.38. The van der Waals surface area contributed by atoms with Crippen LogP contribution in [0.25, 0.3) is 0 Å². The third-order valence-corrected chi connectivity index (χ3v) is 3.72. The largest absolute Gasteiger partial charge is 0.330 e. The molecule has 0 saturated carbocycles. The molecule has 0 fully saturated rings. The summed E-state index contributed by atoms with van der Waals surface area (Å²) in [6, 6.07) is 4.79. The van der Waals surface area contributed by atoms with Gasteiger partial charge in [-0.15, -0.1) is 0 Å². The maximum atomic E-state index is 13.3. The van der Waals surface area contributed by atoms with Gasteiger partial charge in [0.2, 0.25) is 0 Å². The number of carbonyl (C=O) groups excluding carboxylic acids is 1. The van der Waals surface area contributed by atoms with Crippen molar-refractivity contribution >= 4 is 21.7 Å². The highest BCUT2D eigenvalue weighted by molar-refractivity contribution is 9.10. The molecule has 0 bridgehead atoms. The summed E-state index contributed by atoms with van der Waals surface area (Å²) in [6.07, 6.45) is 4.89. The van der Waals surface area contributed by atoms with E-state index in [-0.39, 0.29) is 11.6 Å². The zero-order valence-electron chi connectivity index (χ0n) is 10.4. The van der Waals surface area contributed by atoms with Crippen molar-refractivity contribution in [3.8, 4) is 0 Å². The summed E-state index contributed by atoms with van der Waals surface area (Å²) < 4.78 is 13.7. The van der Waals surface area contributed by atoms with Gasteiger partial charge in [0, 0.05) is 12.8 Å². The SMILES string of the molecule is NCCCCCCC(=O)Cc1cccc(F)c1Br. The van der Waals surface area contributed by atoms with Crippen molar-refractivity contribution in [1.29, 1.82) is 0 Å². The summed E-state index contributed by atoms with van der Waals surface area (Å²) >= 11 is 3.17. The number of nitrogens with two attached hydrogens (primary N) is 1. The predicted octanol–water partition coefficient (Wildman–Crippen LogP) is 3.61. The van der Waals surface area contributed by atoms with Crippen molar-refractivity contribution in [2.45, 2.75) is 38.5 Å². The van der Waals surface area contributed by atoms with E-state index in [1.54, 1.807) is 12.1 Å². The third-order valence-electron chi connectivity index (χ3n) is 2.83. The smallest absolute Gasteiger partial charge is 0.137 e. The summed E-state index contributed by atoms with van der Waals surface area (Å²) in [5.74, 6) is -0.155. The minimum absolute atomic E-state index is 0.161. The number of hydrogen-bond donors (Lipinski definition) is 1. The molecule has 2 N–H and O–H groups in total. The van der Waals surface area contributed by atoms with Crippen LogP contribution in [-0.4, -0.2) is 12.3 Å². The molecular formula is C14H19BrFNO. The van der Waals surface area contributed by atoms with E-state index < -0.39 is 0 Å². The van der Waals surface area contributed by atoms with Crippen LogP contribution in [-0.2, 0) is 11.2 Å². The van der Waals surface area contributed by atoms with Gasteiger partial charge in [-0.2, -0.15) is 0 Å². The highest BCUT2D eigenvalue weighted by Crippen LogP contribution is 2.21. The average Bonchev–Trinajstić information content (AvgIpc) is 2.35. The van der Waals surface area contributed by atoms with E-state index in [4.69, 9.17) is 5.73 Å². The fourth-order valence-corrected chi connectivity index (χ4v) is 2.21. The average molecular weight is 316 g/mol. The first kappa shape index (κ1) is 15.3. The number of ketones is 1.